The minimum absolute atomic E-state index is 0.176. The standard InChI is InChI=1S/C9H10N2S2/c12-6-9-10-2-3-11(9)5-8-1-4-13-7-8/h1-4,6-7,9-10H,5H2. The molecule has 1 N–H and O–H groups in total. The number of nitrogens with zero attached hydrogens (tertiary/aromatic N) is 1. The lowest BCUT2D eigenvalue weighted by molar-refractivity contribution is 0.342. The second-order valence-electron chi connectivity index (χ2n) is 2.87. The molecule has 4 heteroatoms. The number of rotatable bonds is 3. The first-order valence-electron chi connectivity index (χ1n) is 4.05. The quantitative estimate of drug-likeness (QED) is 0.768. The first-order valence-corrected chi connectivity index (χ1v) is 5.46. The average molecular weight is 210 g/mol. The zero-order chi connectivity index (χ0) is 9.10. The van der Waals surface area contributed by atoms with Gasteiger partial charge in [-0.15, -0.1) is 0 Å². The highest BCUT2D eigenvalue weighted by molar-refractivity contribution is 7.79. The van der Waals surface area contributed by atoms with Crippen molar-refractivity contribution in [2.75, 3.05) is 0 Å². The van der Waals surface area contributed by atoms with Crippen molar-refractivity contribution in [1.82, 2.24) is 10.2 Å². The summed E-state index contributed by atoms with van der Waals surface area (Å²) in [6, 6.07) is 2.14. The Morgan fingerprint density at radius 1 is 1.69 bits per heavy atom. The summed E-state index contributed by atoms with van der Waals surface area (Å²) in [7, 11) is 0. The van der Waals surface area contributed by atoms with E-state index in [4.69, 9.17) is 12.2 Å². The molecule has 0 spiro atoms. The summed E-state index contributed by atoms with van der Waals surface area (Å²) in [6.45, 7) is 0.921. The number of hydrogen-bond acceptors (Lipinski definition) is 4. The molecular weight excluding hydrogens is 200 g/mol. The van der Waals surface area contributed by atoms with Gasteiger partial charge in [-0.2, -0.15) is 11.3 Å². The highest BCUT2D eigenvalue weighted by Gasteiger charge is 2.15. The molecule has 0 fully saturated rings. The Bertz CT molecular complexity index is 305. The summed E-state index contributed by atoms with van der Waals surface area (Å²) in [6.07, 6.45) is 4.14. The molecule has 0 bridgehead atoms. The van der Waals surface area contributed by atoms with Crippen molar-refractivity contribution >= 4 is 28.9 Å². The van der Waals surface area contributed by atoms with E-state index in [2.05, 4.69) is 27.0 Å². The summed E-state index contributed by atoms with van der Waals surface area (Å²) in [5.41, 5.74) is 1.33. The molecule has 1 atom stereocenters. The fourth-order valence-electron chi connectivity index (χ4n) is 1.29. The second kappa shape index (κ2) is 3.89. The first-order chi connectivity index (χ1) is 6.40. The lowest BCUT2D eigenvalue weighted by Gasteiger charge is -2.21. The largest absolute Gasteiger partial charge is 0.366 e. The molecule has 1 aromatic rings. The van der Waals surface area contributed by atoms with Gasteiger partial charge in [0.25, 0.3) is 0 Å². The topological polar surface area (TPSA) is 15.3 Å². The lowest BCUT2D eigenvalue weighted by atomic mass is 10.3. The predicted molar refractivity (Wildman–Crippen MR) is 59.6 cm³/mol. The van der Waals surface area contributed by atoms with Crippen molar-refractivity contribution in [3.8, 4) is 0 Å². The van der Waals surface area contributed by atoms with Crippen LogP contribution in [0.1, 0.15) is 5.56 Å². The second-order valence-corrected chi connectivity index (χ2v) is 3.92. The Labute approximate surface area is 86.9 Å². The monoisotopic (exact) mass is 210 g/mol. The van der Waals surface area contributed by atoms with Crippen molar-refractivity contribution in [2.24, 2.45) is 0 Å². The van der Waals surface area contributed by atoms with E-state index in [0.717, 1.165) is 6.54 Å². The Morgan fingerprint density at radius 2 is 2.62 bits per heavy atom. The normalized spacial score (nSPS) is 20.3. The fraction of sp³-hybridized carbons (Fsp3) is 0.222. The minimum Gasteiger partial charge on any atom is -0.366 e. The van der Waals surface area contributed by atoms with Crippen LogP contribution in [0.4, 0.5) is 0 Å². The third-order valence-corrected chi connectivity index (χ3v) is 2.95. The van der Waals surface area contributed by atoms with E-state index in [1.165, 1.54) is 5.56 Å². The summed E-state index contributed by atoms with van der Waals surface area (Å²) >= 11 is 6.64. The third kappa shape index (κ3) is 1.89. The van der Waals surface area contributed by atoms with Crippen LogP contribution in [0.3, 0.4) is 0 Å². The van der Waals surface area contributed by atoms with Crippen LogP contribution in [-0.2, 0) is 6.54 Å². The van der Waals surface area contributed by atoms with Crippen LogP contribution < -0.4 is 5.32 Å². The van der Waals surface area contributed by atoms with Crippen molar-refractivity contribution < 1.29 is 0 Å². The summed E-state index contributed by atoms with van der Waals surface area (Å²) in [5, 5.41) is 9.15. The molecule has 0 amide bonds. The van der Waals surface area contributed by atoms with Crippen LogP contribution in [0.15, 0.2) is 29.2 Å². The van der Waals surface area contributed by atoms with Gasteiger partial charge in [-0.25, -0.2) is 0 Å². The molecule has 0 saturated heterocycles. The molecule has 2 nitrogen and oxygen atoms in total. The molecular formula is C9H10N2S2. The van der Waals surface area contributed by atoms with Gasteiger partial charge in [0.1, 0.15) is 6.17 Å². The van der Waals surface area contributed by atoms with Crippen molar-refractivity contribution in [3.63, 3.8) is 0 Å². The van der Waals surface area contributed by atoms with E-state index in [-0.39, 0.29) is 6.17 Å². The maximum absolute atomic E-state index is 4.92. The van der Waals surface area contributed by atoms with E-state index < -0.39 is 0 Å². The Hall–Kier alpha value is -0.870. The number of nitrogens with one attached hydrogen (secondary N) is 1. The van der Waals surface area contributed by atoms with Crippen LogP contribution in [0.5, 0.6) is 0 Å². The SMILES string of the molecule is S=CC1NC=CN1Cc1ccsc1. The summed E-state index contributed by atoms with van der Waals surface area (Å²) in [5.74, 6) is 0. The smallest absolute Gasteiger partial charge is 0.128 e. The molecule has 1 aliphatic rings. The molecule has 2 heterocycles. The van der Waals surface area contributed by atoms with Crippen molar-refractivity contribution in [2.45, 2.75) is 12.7 Å². The maximum atomic E-state index is 4.92. The molecule has 2 rings (SSSR count). The van der Waals surface area contributed by atoms with Gasteiger partial charge >= 0.3 is 0 Å². The van der Waals surface area contributed by atoms with Gasteiger partial charge in [0, 0.05) is 24.3 Å². The van der Waals surface area contributed by atoms with Crippen LogP contribution >= 0.6 is 23.6 Å². The van der Waals surface area contributed by atoms with Gasteiger partial charge in [0.05, 0.1) is 0 Å². The van der Waals surface area contributed by atoms with E-state index in [1.807, 2.05) is 12.4 Å². The van der Waals surface area contributed by atoms with E-state index in [0.29, 0.717) is 0 Å². The number of hydrogen-bond donors (Lipinski definition) is 1. The Kier molecular flexibility index (Phi) is 2.61. The van der Waals surface area contributed by atoms with Gasteiger partial charge in [-0.1, -0.05) is 12.2 Å². The molecule has 0 aromatic carbocycles. The molecule has 0 saturated carbocycles. The number of thiophene rings is 1. The van der Waals surface area contributed by atoms with Gasteiger partial charge in [0.15, 0.2) is 0 Å². The molecule has 1 unspecified atom stereocenters. The Morgan fingerprint density at radius 3 is 3.31 bits per heavy atom. The predicted octanol–water partition coefficient (Wildman–Crippen LogP) is 1.95. The highest BCUT2D eigenvalue weighted by atomic mass is 32.1. The van der Waals surface area contributed by atoms with Gasteiger partial charge in [-0.3, -0.25) is 0 Å². The van der Waals surface area contributed by atoms with Crippen LogP contribution in [-0.4, -0.2) is 16.4 Å². The van der Waals surface area contributed by atoms with E-state index in [1.54, 1.807) is 16.7 Å². The molecule has 1 aliphatic heterocycles. The van der Waals surface area contributed by atoms with Crippen molar-refractivity contribution in [3.05, 3.63) is 34.8 Å². The summed E-state index contributed by atoms with van der Waals surface area (Å²) < 4.78 is 0. The van der Waals surface area contributed by atoms with E-state index >= 15 is 0 Å². The maximum Gasteiger partial charge on any atom is 0.128 e. The fourth-order valence-corrected chi connectivity index (χ4v) is 2.18. The molecule has 13 heavy (non-hydrogen) atoms. The van der Waals surface area contributed by atoms with Gasteiger partial charge < -0.3 is 10.2 Å². The van der Waals surface area contributed by atoms with Crippen LogP contribution in [0, 0.1) is 0 Å². The van der Waals surface area contributed by atoms with Crippen LogP contribution in [0.2, 0.25) is 0 Å². The highest BCUT2D eigenvalue weighted by Crippen LogP contribution is 2.13. The van der Waals surface area contributed by atoms with E-state index in [9.17, 15) is 0 Å². The van der Waals surface area contributed by atoms with Gasteiger partial charge in [0.2, 0.25) is 0 Å². The Balaban J connectivity index is 2.01. The molecule has 0 aliphatic carbocycles. The van der Waals surface area contributed by atoms with Crippen LogP contribution in [0.25, 0.3) is 0 Å². The average Bonchev–Trinajstić information content (AvgIpc) is 2.76. The molecule has 68 valence electrons. The molecule has 0 radical (unpaired) electrons. The number of thiocarbonyl (C=S) groups is 1. The zero-order valence-electron chi connectivity index (χ0n) is 7.01. The first kappa shape index (κ1) is 8.72. The lowest BCUT2D eigenvalue weighted by Crippen LogP contribution is -2.35. The molecule has 1 aromatic heterocycles. The minimum atomic E-state index is 0.176. The van der Waals surface area contributed by atoms with Gasteiger partial charge in [-0.05, 0) is 22.4 Å². The zero-order valence-corrected chi connectivity index (χ0v) is 8.65. The summed E-state index contributed by atoms with van der Waals surface area (Å²) in [4.78, 5) is 2.18. The van der Waals surface area contributed by atoms with Crippen molar-refractivity contribution in [1.29, 1.82) is 0 Å². The third-order valence-electron chi connectivity index (χ3n) is 1.96.